The molecule has 1 aromatic heterocycles. The number of fused-ring (bicyclic) bond motifs is 1. The van der Waals surface area contributed by atoms with E-state index in [2.05, 4.69) is 4.98 Å². The summed E-state index contributed by atoms with van der Waals surface area (Å²) in [4.78, 5) is 31.4. The van der Waals surface area contributed by atoms with Crippen molar-refractivity contribution < 1.29 is 14.3 Å². The quantitative estimate of drug-likeness (QED) is 0.601. The molecule has 0 spiro atoms. The summed E-state index contributed by atoms with van der Waals surface area (Å²) in [5, 5.41) is 0.442. The molecule has 3 rings (SSSR count). The van der Waals surface area contributed by atoms with E-state index in [9.17, 15) is 9.59 Å². The minimum absolute atomic E-state index is 0.0139. The summed E-state index contributed by atoms with van der Waals surface area (Å²) in [6.07, 6.45) is -0.548. The van der Waals surface area contributed by atoms with Crippen LogP contribution >= 0.6 is 11.8 Å². The second-order valence-electron chi connectivity index (χ2n) is 5.75. The third-order valence-corrected chi connectivity index (χ3v) is 5.03. The highest BCUT2D eigenvalue weighted by molar-refractivity contribution is 7.99. The van der Waals surface area contributed by atoms with Gasteiger partial charge in [0.2, 0.25) is 5.91 Å². The lowest BCUT2D eigenvalue weighted by Gasteiger charge is -2.18. The van der Waals surface area contributed by atoms with Crippen LogP contribution in [-0.4, -0.2) is 45.3 Å². The number of carbonyl (C=O) groups is 2. The first-order valence-electron chi connectivity index (χ1n) is 8.79. The number of benzene rings is 2. The van der Waals surface area contributed by atoms with Gasteiger partial charge < -0.3 is 9.64 Å². The fraction of sp³-hybridized carbons (Fsp3) is 0.250. The highest BCUT2D eigenvalue weighted by Crippen LogP contribution is 2.25. The highest BCUT2D eigenvalue weighted by atomic mass is 32.2. The molecule has 0 bridgehead atoms. The predicted octanol–water partition coefficient (Wildman–Crippen LogP) is 4.04. The van der Waals surface area contributed by atoms with Gasteiger partial charge in [-0.1, -0.05) is 42.1 Å². The average Bonchev–Trinajstić information content (AvgIpc) is 3.06. The monoisotopic (exact) mass is 383 g/mol. The maximum atomic E-state index is 12.8. The van der Waals surface area contributed by atoms with E-state index in [4.69, 9.17) is 4.74 Å². The predicted molar refractivity (Wildman–Crippen MR) is 106 cm³/mol. The highest BCUT2D eigenvalue weighted by Gasteiger charge is 2.20. The van der Waals surface area contributed by atoms with E-state index in [0.717, 1.165) is 0 Å². The molecule has 1 heterocycles. The molecular formula is C20H21N3O3S. The second-order valence-corrected chi connectivity index (χ2v) is 6.70. The molecule has 6 nitrogen and oxygen atoms in total. The lowest BCUT2D eigenvalue weighted by atomic mass is 10.3. The molecule has 0 unspecified atom stereocenters. The maximum absolute atomic E-state index is 12.8. The average molecular weight is 383 g/mol. The van der Waals surface area contributed by atoms with E-state index in [1.54, 1.807) is 29.2 Å². The number of amides is 1. The molecule has 0 aliphatic rings. The van der Waals surface area contributed by atoms with Gasteiger partial charge in [-0.2, -0.15) is 0 Å². The topological polar surface area (TPSA) is 64.4 Å². The molecule has 0 saturated carbocycles. The Morgan fingerprint density at radius 2 is 1.70 bits per heavy atom. The van der Waals surface area contributed by atoms with Crippen LogP contribution in [0.5, 0.6) is 5.75 Å². The summed E-state index contributed by atoms with van der Waals surface area (Å²) in [6, 6.07) is 16.2. The Kier molecular flexibility index (Phi) is 6.13. The van der Waals surface area contributed by atoms with Gasteiger partial charge in [0.1, 0.15) is 5.75 Å². The number of hydrogen-bond donors (Lipinski definition) is 0. The molecule has 3 aromatic rings. The fourth-order valence-corrected chi connectivity index (χ4v) is 3.61. The standard InChI is InChI=1S/C20H21N3O3S/c1-3-22(4-2)18(24)14-27-19-21-16-12-8-9-13-17(16)23(19)20(25)26-15-10-6-5-7-11-15/h5-13H,3-4,14H2,1-2H3. The van der Waals surface area contributed by atoms with Gasteiger partial charge >= 0.3 is 6.09 Å². The number of carbonyl (C=O) groups excluding carboxylic acids is 2. The Morgan fingerprint density at radius 1 is 1.04 bits per heavy atom. The number of para-hydroxylation sites is 3. The molecular weight excluding hydrogens is 362 g/mol. The van der Waals surface area contributed by atoms with Crippen LogP contribution in [-0.2, 0) is 4.79 Å². The minimum atomic E-state index is -0.548. The van der Waals surface area contributed by atoms with Crippen LogP contribution in [0, 0.1) is 0 Å². The van der Waals surface area contributed by atoms with Gasteiger partial charge in [0.25, 0.3) is 0 Å². The Morgan fingerprint density at radius 3 is 2.41 bits per heavy atom. The van der Waals surface area contributed by atoms with E-state index in [1.807, 2.05) is 44.2 Å². The molecule has 0 aliphatic carbocycles. The molecule has 27 heavy (non-hydrogen) atoms. The molecule has 140 valence electrons. The SMILES string of the molecule is CCN(CC)C(=O)CSc1nc2ccccc2n1C(=O)Oc1ccccc1. The third-order valence-electron chi connectivity index (χ3n) is 4.10. The van der Waals surface area contributed by atoms with Gasteiger partial charge in [-0.3, -0.25) is 4.79 Å². The lowest BCUT2D eigenvalue weighted by Crippen LogP contribution is -2.32. The number of imidazole rings is 1. The largest absolute Gasteiger partial charge is 0.426 e. The van der Waals surface area contributed by atoms with Crippen molar-refractivity contribution in [3.63, 3.8) is 0 Å². The molecule has 0 saturated heterocycles. The summed E-state index contributed by atoms with van der Waals surface area (Å²) in [7, 11) is 0. The van der Waals surface area contributed by atoms with E-state index < -0.39 is 6.09 Å². The molecule has 0 N–H and O–H groups in total. The summed E-state index contributed by atoms with van der Waals surface area (Å²) < 4.78 is 6.90. The van der Waals surface area contributed by atoms with Crippen molar-refractivity contribution >= 4 is 34.8 Å². The zero-order valence-electron chi connectivity index (χ0n) is 15.3. The zero-order valence-corrected chi connectivity index (χ0v) is 16.1. The summed E-state index contributed by atoms with van der Waals surface area (Å²) >= 11 is 1.24. The summed E-state index contributed by atoms with van der Waals surface area (Å²) in [5.41, 5.74) is 1.33. The van der Waals surface area contributed by atoms with Gasteiger partial charge in [-0.05, 0) is 38.1 Å². The molecule has 0 fully saturated rings. The Balaban J connectivity index is 1.87. The number of hydrogen-bond acceptors (Lipinski definition) is 5. The van der Waals surface area contributed by atoms with E-state index in [1.165, 1.54) is 16.3 Å². The van der Waals surface area contributed by atoms with E-state index >= 15 is 0 Å². The van der Waals surface area contributed by atoms with E-state index in [-0.39, 0.29) is 11.7 Å². The summed E-state index contributed by atoms with van der Waals surface area (Å²) in [5.74, 6) is 0.680. The van der Waals surface area contributed by atoms with Crippen LogP contribution in [0.1, 0.15) is 13.8 Å². The smallest absolute Gasteiger partial charge is 0.410 e. The number of nitrogens with zero attached hydrogens (tertiary/aromatic N) is 3. The second kappa shape index (κ2) is 8.73. The molecule has 0 aliphatic heterocycles. The Hall–Kier alpha value is -2.80. The number of thioether (sulfide) groups is 1. The first-order valence-corrected chi connectivity index (χ1v) is 9.77. The molecule has 7 heteroatoms. The molecule has 0 radical (unpaired) electrons. The summed E-state index contributed by atoms with van der Waals surface area (Å²) in [6.45, 7) is 5.20. The van der Waals surface area contributed by atoms with Crippen LogP contribution in [0.3, 0.4) is 0 Å². The van der Waals surface area contributed by atoms with Gasteiger partial charge in [-0.15, -0.1) is 0 Å². The van der Waals surface area contributed by atoms with E-state index in [0.29, 0.717) is 35.0 Å². The van der Waals surface area contributed by atoms with Crippen LogP contribution < -0.4 is 4.74 Å². The van der Waals surface area contributed by atoms with Gasteiger partial charge in [0.15, 0.2) is 5.16 Å². The molecule has 1 amide bonds. The minimum Gasteiger partial charge on any atom is -0.410 e. The fourth-order valence-electron chi connectivity index (χ4n) is 2.71. The van der Waals surface area contributed by atoms with Gasteiger partial charge in [-0.25, -0.2) is 14.3 Å². The number of rotatable bonds is 6. The molecule has 0 atom stereocenters. The number of ether oxygens (including phenoxy) is 1. The van der Waals surface area contributed by atoms with Crippen molar-refractivity contribution in [2.24, 2.45) is 0 Å². The van der Waals surface area contributed by atoms with Crippen molar-refractivity contribution in [2.45, 2.75) is 19.0 Å². The van der Waals surface area contributed by atoms with Crippen molar-refractivity contribution in [1.82, 2.24) is 14.5 Å². The number of aromatic nitrogens is 2. The van der Waals surface area contributed by atoms with Crippen LogP contribution in [0.15, 0.2) is 59.8 Å². The van der Waals surface area contributed by atoms with Gasteiger partial charge in [0.05, 0.1) is 16.8 Å². The Bertz CT molecular complexity index is 936. The normalized spacial score (nSPS) is 10.7. The van der Waals surface area contributed by atoms with Crippen LogP contribution in [0.2, 0.25) is 0 Å². The maximum Gasteiger partial charge on any atom is 0.426 e. The third kappa shape index (κ3) is 4.31. The van der Waals surface area contributed by atoms with Crippen molar-refractivity contribution in [1.29, 1.82) is 0 Å². The first kappa shape index (κ1) is 19.0. The zero-order chi connectivity index (χ0) is 19.2. The Labute approximate surface area is 162 Å². The molecule has 2 aromatic carbocycles. The van der Waals surface area contributed by atoms with Crippen molar-refractivity contribution in [2.75, 3.05) is 18.8 Å². The van der Waals surface area contributed by atoms with Crippen molar-refractivity contribution in [3.8, 4) is 5.75 Å². The lowest BCUT2D eigenvalue weighted by molar-refractivity contribution is -0.127. The van der Waals surface area contributed by atoms with Gasteiger partial charge in [0, 0.05) is 13.1 Å². The van der Waals surface area contributed by atoms with Crippen molar-refractivity contribution in [3.05, 3.63) is 54.6 Å². The first-order chi connectivity index (χ1) is 13.1. The van der Waals surface area contributed by atoms with Crippen LogP contribution in [0.4, 0.5) is 4.79 Å². The van der Waals surface area contributed by atoms with Crippen LogP contribution in [0.25, 0.3) is 11.0 Å².